The molecule has 1 aromatic heterocycles. The van der Waals surface area contributed by atoms with Crippen LogP contribution in [0.4, 0.5) is 4.39 Å². The average Bonchev–Trinajstić information content (AvgIpc) is 2.75. The summed E-state index contributed by atoms with van der Waals surface area (Å²) in [6, 6.07) is 6.27. The van der Waals surface area contributed by atoms with Crippen molar-refractivity contribution in [3.63, 3.8) is 0 Å². The van der Waals surface area contributed by atoms with Gasteiger partial charge in [0.2, 0.25) is 0 Å². The number of hydrogen-bond donors (Lipinski definition) is 2. The van der Waals surface area contributed by atoms with E-state index in [1.54, 1.807) is 29.5 Å². The summed E-state index contributed by atoms with van der Waals surface area (Å²) in [7, 11) is 0. The van der Waals surface area contributed by atoms with Crippen LogP contribution in [-0.4, -0.2) is 16.6 Å². The van der Waals surface area contributed by atoms with Crippen LogP contribution in [0.3, 0.4) is 0 Å². The smallest absolute Gasteiger partial charge is 0.129 e. The van der Waals surface area contributed by atoms with Gasteiger partial charge in [0.25, 0.3) is 0 Å². The summed E-state index contributed by atoms with van der Waals surface area (Å²) in [6.45, 7) is 2.90. The Balaban J connectivity index is 1.85. The highest BCUT2D eigenvalue weighted by atomic mass is 32.1. The van der Waals surface area contributed by atoms with Gasteiger partial charge in [0.15, 0.2) is 0 Å². The Morgan fingerprint density at radius 2 is 2.22 bits per heavy atom. The van der Waals surface area contributed by atoms with Crippen molar-refractivity contribution in [3.8, 4) is 0 Å². The van der Waals surface area contributed by atoms with E-state index in [2.05, 4.69) is 10.3 Å². The molecule has 5 heteroatoms. The molecule has 0 bridgehead atoms. The maximum Gasteiger partial charge on any atom is 0.129 e. The summed E-state index contributed by atoms with van der Waals surface area (Å²) >= 11 is 1.61. The molecule has 0 spiro atoms. The Labute approximate surface area is 109 Å². The number of rotatable bonds is 5. The lowest BCUT2D eigenvalue weighted by Gasteiger charge is -2.12. The van der Waals surface area contributed by atoms with Gasteiger partial charge in [-0.1, -0.05) is 18.2 Å². The molecule has 1 aromatic carbocycles. The van der Waals surface area contributed by atoms with Crippen molar-refractivity contribution in [1.82, 2.24) is 10.3 Å². The van der Waals surface area contributed by atoms with Crippen molar-refractivity contribution in [1.29, 1.82) is 0 Å². The van der Waals surface area contributed by atoms with Gasteiger partial charge in [0.1, 0.15) is 5.82 Å². The molecule has 0 saturated heterocycles. The zero-order valence-corrected chi connectivity index (χ0v) is 10.9. The van der Waals surface area contributed by atoms with E-state index < -0.39 is 6.10 Å². The van der Waals surface area contributed by atoms with Crippen LogP contribution in [0.25, 0.3) is 0 Å². The van der Waals surface area contributed by atoms with Crippen LogP contribution in [0.1, 0.15) is 21.6 Å². The van der Waals surface area contributed by atoms with E-state index in [4.69, 9.17) is 0 Å². The topological polar surface area (TPSA) is 45.2 Å². The molecule has 0 aliphatic rings. The van der Waals surface area contributed by atoms with Crippen LogP contribution in [-0.2, 0) is 6.54 Å². The molecule has 1 unspecified atom stereocenters. The molecule has 2 rings (SSSR count). The molecule has 0 amide bonds. The van der Waals surface area contributed by atoms with Gasteiger partial charge in [-0.3, -0.25) is 0 Å². The number of nitrogens with zero attached hydrogens (tertiary/aromatic N) is 1. The Morgan fingerprint density at radius 1 is 1.44 bits per heavy atom. The fourth-order valence-corrected chi connectivity index (χ4v) is 2.44. The van der Waals surface area contributed by atoms with Crippen LogP contribution >= 0.6 is 11.3 Å². The summed E-state index contributed by atoms with van der Waals surface area (Å²) < 4.78 is 13.4. The van der Waals surface area contributed by atoms with Crippen LogP contribution < -0.4 is 5.32 Å². The normalized spacial score (nSPS) is 12.6. The number of benzene rings is 1. The Kier molecular flexibility index (Phi) is 4.41. The lowest BCUT2D eigenvalue weighted by atomic mass is 10.1. The third-order valence-corrected chi connectivity index (χ3v) is 3.48. The largest absolute Gasteiger partial charge is 0.387 e. The molecule has 1 heterocycles. The van der Waals surface area contributed by atoms with Gasteiger partial charge in [-0.2, -0.15) is 0 Å². The molecule has 0 aliphatic carbocycles. The van der Waals surface area contributed by atoms with Gasteiger partial charge in [0.05, 0.1) is 11.1 Å². The summed E-state index contributed by atoms with van der Waals surface area (Å²) in [4.78, 5) is 5.25. The third kappa shape index (κ3) is 3.35. The van der Waals surface area contributed by atoms with E-state index in [9.17, 15) is 9.50 Å². The monoisotopic (exact) mass is 266 g/mol. The van der Waals surface area contributed by atoms with Crippen molar-refractivity contribution in [2.45, 2.75) is 19.6 Å². The summed E-state index contributed by atoms with van der Waals surface area (Å²) in [5, 5.41) is 14.0. The molecule has 0 fully saturated rings. The van der Waals surface area contributed by atoms with Gasteiger partial charge in [-0.05, 0) is 13.0 Å². The van der Waals surface area contributed by atoms with E-state index in [0.29, 0.717) is 18.7 Å². The number of aryl methyl sites for hydroxylation is 1. The second-order valence-corrected chi connectivity index (χ2v) is 5.33. The van der Waals surface area contributed by atoms with Crippen LogP contribution in [0.15, 0.2) is 30.5 Å². The zero-order chi connectivity index (χ0) is 13.0. The highest BCUT2D eigenvalue weighted by Gasteiger charge is 2.11. The van der Waals surface area contributed by atoms with E-state index in [0.717, 1.165) is 9.88 Å². The number of nitrogens with one attached hydrogen (secondary N) is 1. The van der Waals surface area contributed by atoms with Crippen molar-refractivity contribution < 1.29 is 9.50 Å². The van der Waals surface area contributed by atoms with Gasteiger partial charge in [-0.25, -0.2) is 9.37 Å². The van der Waals surface area contributed by atoms with Crippen molar-refractivity contribution in [3.05, 3.63) is 51.7 Å². The maximum absolute atomic E-state index is 13.4. The molecule has 0 aliphatic heterocycles. The minimum Gasteiger partial charge on any atom is -0.387 e. The first-order valence-electron chi connectivity index (χ1n) is 5.71. The zero-order valence-electron chi connectivity index (χ0n) is 10.1. The molecule has 2 aromatic rings. The summed E-state index contributed by atoms with van der Waals surface area (Å²) in [5.41, 5.74) is 0.325. The number of halogens is 1. The van der Waals surface area contributed by atoms with Crippen molar-refractivity contribution in [2.24, 2.45) is 0 Å². The lowest BCUT2D eigenvalue weighted by molar-refractivity contribution is 0.170. The number of thiazole rings is 1. The number of aliphatic hydroxyl groups excluding tert-OH is 1. The van der Waals surface area contributed by atoms with Crippen molar-refractivity contribution >= 4 is 11.3 Å². The standard InChI is InChI=1S/C13H15FN2OS/c1-9-16-7-10(18-9)6-15-8-13(17)11-4-2-3-5-12(11)14/h2-5,7,13,15,17H,6,8H2,1H3. The summed E-state index contributed by atoms with van der Waals surface area (Å²) in [5.74, 6) is -0.375. The molecule has 0 radical (unpaired) electrons. The van der Waals surface area contributed by atoms with Gasteiger partial charge < -0.3 is 10.4 Å². The highest BCUT2D eigenvalue weighted by Crippen LogP contribution is 2.16. The Hall–Kier alpha value is -1.30. The van der Waals surface area contributed by atoms with Gasteiger partial charge in [0, 0.05) is 29.7 Å². The lowest BCUT2D eigenvalue weighted by Crippen LogP contribution is -2.21. The molecule has 3 nitrogen and oxygen atoms in total. The second-order valence-electron chi connectivity index (χ2n) is 4.01. The second kappa shape index (κ2) is 6.04. The predicted molar refractivity (Wildman–Crippen MR) is 69.9 cm³/mol. The third-order valence-electron chi connectivity index (χ3n) is 2.57. The molecule has 18 heavy (non-hydrogen) atoms. The van der Waals surface area contributed by atoms with E-state index in [1.807, 2.05) is 13.1 Å². The van der Waals surface area contributed by atoms with Crippen molar-refractivity contribution in [2.75, 3.05) is 6.54 Å². The first kappa shape index (κ1) is 13.1. The van der Waals surface area contributed by atoms with Crippen LogP contribution in [0.5, 0.6) is 0 Å². The molecule has 1 atom stereocenters. The van der Waals surface area contributed by atoms with E-state index >= 15 is 0 Å². The van der Waals surface area contributed by atoms with E-state index in [-0.39, 0.29) is 5.82 Å². The Morgan fingerprint density at radius 3 is 2.89 bits per heavy atom. The molecular formula is C13H15FN2OS. The highest BCUT2D eigenvalue weighted by molar-refractivity contribution is 7.11. The molecule has 96 valence electrons. The molecule has 2 N–H and O–H groups in total. The minimum absolute atomic E-state index is 0.317. The first-order chi connectivity index (χ1) is 8.66. The summed E-state index contributed by atoms with van der Waals surface area (Å²) in [6.07, 6.45) is 0.975. The fraction of sp³-hybridized carbons (Fsp3) is 0.308. The van der Waals surface area contributed by atoms with Gasteiger partial charge >= 0.3 is 0 Å². The first-order valence-corrected chi connectivity index (χ1v) is 6.53. The maximum atomic E-state index is 13.4. The fourth-order valence-electron chi connectivity index (χ4n) is 1.67. The number of aliphatic hydroxyl groups is 1. The Bertz CT molecular complexity index is 515. The number of hydrogen-bond acceptors (Lipinski definition) is 4. The van der Waals surface area contributed by atoms with Crippen LogP contribution in [0.2, 0.25) is 0 Å². The average molecular weight is 266 g/mol. The SMILES string of the molecule is Cc1ncc(CNCC(O)c2ccccc2F)s1. The molecule has 0 saturated carbocycles. The predicted octanol–water partition coefficient (Wildman–Crippen LogP) is 2.41. The minimum atomic E-state index is -0.833. The quantitative estimate of drug-likeness (QED) is 0.873. The van der Waals surface area contributed by atoms with Crippen LogP contribution in [0, 0.1) is 12.7 Å². The van der Waals surface area contributed by atoms with E-state index in [1.165, 1.54) is 6.07 Å². The number of aromatic nitrogens is 1. The molecular weight excluding hydrogens is 251 g/mol. The van der Waals surface area contributed by atoms with Gasteiger partial charge in [-0.15, -0.1) is 11.3 Å².